The van der Waals surface area contributed by atoms with Gasteiger partial charge >= 0.3 is 0 Å². The summed E-state index contributed by atoms with van der Waals surface area (Å²) in [6.45, 7) is 6.63. The summed E-state index contributed by atoms with van der Waals surface area (Å²) in [5, 5.41) is 3.36. The van der Waals surface area contributed by atoms with Gasteiger partial charge in [-0.3, -0.25) is 4.98 Å². The molecule has 17 heavy (non-hydrogen) atoms. The first kappa shape index (κ1) is 11.8. The molecule has 4 nitrogen and oxygen atoms in total. The van der Waals surface area contributed by atoms with E-state index in [1.807, 2.05) is 37.5 Å². The quantitative estimate of drug-likeness (QED) is 0.853. The summed E-state index contributed by atoms with van der Waals surface area (Å²) in [5.74, 6) is 1.07. The van der Waals surface area contributed by atoms with Gasteiger partial charge in [-0.1, -0.05) is 6.07 Å². The van der Waals surface area contributed by atoms with E-state index in [0.717, 1.165) is 36.8 Å². The Hall–Kier alpha value is -1.68. The van der Waals surface area contributed by atoms with Gasteiger partial charge in [0.05, 0.1) is 12.2 Å². The minimum Gasteiger partial charge on any atom is -0.334 e. The Morgan fingerprint density at radius 3 is 2.94 bits per heavy atom. The molecule has 1 N–H and O–H groups in total. The van der Waals surface area contributed by atoms with Crippen molar-refractivity contribution in [3.8, 4) is 0 Å². The fourth-order valence-electron chi connectivity index (χ4n) is 1.80. The summed E-state index contributed by atoms with van der Waals surface area (Å²) in [5.41, 5.74) is 2.12. The molecule has 0 fully saturated rings. The second kappa shape index (κ2) is 5.59. The van der Waals surface area contributed by atoms with Crippen molar-refractivity contribution < 1.29 is 0 Å². The summed E-state index contributed by atoms with van der Waals surface area (Å²) < 4.78 is 2.14. The summed E-state index contributed by atoms with van der Waals surface area (Å²) in [4.78, 5) is 8.76. The van der Waals surface area contributed by atoms with E-state index in [1.54, 1.807) is 0 Å². The molecule has 0 bridgehead atoms. The minimum atomic E-state index is 0.774. The molecule has 0 aliphatic rings. The van der Waals surface area contributed by atoms with Crippen LogP contribution in [0.4, 0.5) is 0 Å². The number of hydrogen-bond donors (Lipinski definition) is 1. The Morgan fingerprint density at radius 2 is 2.18 bits per heavy atom. The predicted molar refractivity (Wildman–Crippen MR) is 67.4 cm³/mol. The molecule has 0 amide bonds. The fourth-order valence-corrected chi connectivity index (χ4v) is 1.80. The molecular formula is C13H18N4. The van der Waals surface area contributed by atoms with E-state index in [-0.39, 0.29) is 0 Å². The second-order valence-electron chi connectivity index (χ2n) is 4.00. The van der Waals surface area contributed by atoms with Gasteiger partial charge in [0.15, 0.2) is 0 Å². The first-order valence-corrected chi connectivity index (χ1v) is 5.93. The van der Waals surface area contributed by atoms with Gasteiger partial charge in [-0.15, -0.1) is 0 Å². The highest BCUT2D eigenvalue weighted by atomic mass is 15.1. The Balaban J connectivity index is 1.87. The van der Waals surface area contributed by atoms with Crippen molar-refractivity contribution in [3.63, 3.8) is 0 Å². The van der Waals surface area contributed by atoms with Crippen molar-refractivity contribution in [2.75, 3.05) is 0 Å². The lowest BCUT2D eigenvalue weighted by molar-refractivity contribution is 0.607. The fraction of sp³-hybridized carbons (Fsp3) is 0.385. The number of aryl methyl sites for hydroxylation is 2. The Kier molecular flexibility index (Phi) is 3.88. The van der Waals surface area contributed by atoms with Gasteiger partial charge in [0.1, 0.15) is 5.82 Å². The van der Waals surface area contributed by atoms with E-state index in [4.69, 9.17) is 0 Å². The first-order valence-electron chi connectivity index (χ1n) is 5.93. The van der Waals surface area contributed by atoms with E-state index < -0.39 is 0 Å². The predicted octanol–water partition coefficient (Wildman–Crippen LogP) is 1.90. The van der Waals surface area contributed by atoms with E-state index in [9.17, 15) is 0 Å². The van der Waals surface area contributed by atoms with Crippen molar-refractivity contribution in [1.82, 2.24) is 19.9 Å². The van der Waals surface area contributed by atoms with Crippen LogP contribution in [0.25, 0.3) is 0 Å². The lowest BCUT2D eigenvalue weighted by Gasteiger charge is -2.06. The van der Waals surface area contributed by atoms with Gasteiger partial charge in [-0.25, -0.2) is 4.98 Å². The molecule has 0 saturated heterocycles. The Bertz CT molecular complexity index is 476. The molecule has 0 spiro atoms. The largest absolute Gasteiger partial charge is 0.334 e. The number of nitrogens with one attached hydrogen (secondary N) is 1. The van der Waals surface area contributed by atoms with Crippen LogP contribution in [0.2, 0.25) is 0 Å². The maximum Gasteiger partial charge on any atom is 0.122 e. The normalized spacial score (nSPS) is 10.7. The maximum atomic E-state index is 4.44. The van der Waals surface area contributed by atoms with Crippen LogP contribution in [0, 0.1) is 6.92 Å². The summed E-state index contributed by atoms with van der Waals surface area (Å²) >= 11 is 0. The van der Waals surface area contributed by atoms with Gasteiger partial charge in [-0.05, 0) is 26.0 Å². The SMILES string of the molecule is CCn1ccnc1CNCc1cccc(C)n1. The molecule has 2 rings (SSSR count). The number of aromatic nitrogens is 3. The average molecular weight is 230 g/mol. The van der Waals surface area contributed by atoms with Crippen molar-refractivity contribution in [2.45, 2.75) is 33.5 Å². The van der Waals surface area contributed by atoms with Crippen LogP contribution < -0.4 is 5.32 Å². The van der Waals surface area contributed by atoms with E-state index >= 15 is 0 Å². The zero-order valence-corrected chi connectivity index (χ0v) is 10.3. The van der Waals surface area contributed by atoms with Crippen LogP contribution in [0.15, 0.2) is 30.6 Å². The van der Waals surface area contributed by atoms with E-state index in [0.29, 0.717) is 0 Å². The van der Waals surface area contributed by atoms with Gasteiger partial charge in [0.25, 0.3) is 0 Å². The monoisotopic (exact) mass is 230 g/mol. The third kappa shape index (κ3) is 3.14. The van der Waals surface area contributed by atoms with Crippen LogP contribution in [-0.4, -0.2) is 14.5 Å². The average Bonchev–Trinajstić information content (AvgIpc) is 2.77. The second-order valence-corrected chi connectivity index (χ2v) is 4.00. The number of hydrogen-bond acceptors (Lipinski definition) is 3. The number of nitrogens with zero attached hydrogens (tertiary/aromatic N) is 3. The van der Waals surface area contributed by atoms with Crippen molar-refractivity contribution in [1.29, 1.82) is 0 Å². The van der Waals surface area contributed by atoms with Crippen LogP contribution in [0.3, 0.4) is 0 Å². The summed E-state index contributed by atoms with van der Waals surface area (Å²) in [6, 6.07) is 6.08. The number of pyridine rings is 1. The van der Waals surface area contributed by atoms with Gasteiger partial charge in [-0.2, -0.15) is 0 Å². The van der Waals surface area contributed by atoms with Gasteiger partial charge in [0, 0.05) is 31.2 Å². The van der Waals surface area contributed by atoms with Crippen LogP contribution in [0.1, 0.15) is 24.1 Å². The summed E-state index contributed by atoms with van der Waals surface area (Å²) in [7, 11) is 0. The Morgan fingerprint density at radius 1 is 1.29 bits per heavy atom. The molecule has 4 heteroatoms. The topological polar surface area (TPSA) is 42.7 Å². The van der Waals surface area contributed by atoms with Gasteiger partial charge < -0.3 is 9.88 Å². The zero-order valence-electron chi connectivity index (χ0n) is 10.3. The third-order valence-corrected chi connectivity index (χ3v) is 2.68. The molecule has 0 aromatic carbocycles. The highest BCUT2D eigenvalue weighted by molar-refractivity contribution is 5.09. The van der Waals surface area contributed by atoms with E-state index in [2.05, 4.69) is 26.8 Å². The van der Waals surface area contributed by atoms with Crippen LogP contribution in [0.5, 0.6) is 0 Å². The van der Waals surface area contributed by atoms with Crippen molar-refractivity contribution in [2.24, 2.45) is 0 Å². The molecule has 0 unspecified atom stereocenters. The molecule has 2 aromatic rings. The van der Waals surface area contributed by atoms with Crippen LogP contribution >= 0.6 is 0 Å². The van der Waals surface area contributed by atoms with Crippen LogP contribution in [-0.2, 0) is 19.6 Å². The maximum absolute atomic E-state index is 4.44. The summed E-state index contributed by atoms with van der Waals surface area (Å²) in [6.07, 6.45) is 3.84. The molecule has 0 aliphatic carbocycles. The van der Waals surface area contributed by atoms with Gasteiger partial charge in [0.2, 0.25) is 0 Å². The smallest absolute Gasteiger partial charge is 0.122 e. The highest BCUT2D eigenvalue weighted by Crippen LogP contribution is 2.00. The molecular weight excluding hydrogens is 212 g/mol. The van der Waals surface area contributed by atoms with E-state index in [1.165, 1.54) is 0 Å². The molecule has 0 saturated carbocycles. The number of rotatable bonds is 5. The molecule has 0 atom stereocenters. The molecule has 2 aromatic heterocycles. The third-order valence-electron chi connectivity index (χ3n) is 2.68. The standard InChI is InChI=1S/C13H18N4/c1-3-17-8-7-15-13(17)10-14-9-12-6-4-5-11(2)16-12/h4-8,14H,3,9-10H2,1-2H3. The molecule has 0 radical (unpaired) electrons. The minimum absolute atomic E-state index is 0.774. The highest BCUT2D eigenvalue weighted by Gasteiger charge is 2.00. The molecule has 90 valence electrons. The van der Waals surface area contributed by atoms with Crippen molar-refractivity contribution >= 4 is 0 Å². The Labute approximate surface area is 102 Å². The number of imidazole rings is 1. The lowest BCUT2D eigenvalue weighted by atomic mass is 10.3. The molecule has 2 heterocycles. The molecule has 0 aliphatic heterocycles. The zero-order chi connectivity index (χ0) is 12.1. The van der Waals surface area contributed by atoms with Crippen molar-refractivity contribution in [3.05, 3.63) is 47.8 Å². The lowest BCUT2D eigenvalue weighted by Crippen LogP contribution is -2.17. The first-order chi connectivity index (χ1) is 8.29.